The van der Waals surface area contributed by atoms with Crippen LogP contribution in [0.2, 0.25) is 0 Å². The second-order valence-corrected chi connectivity index (χ2v) is 27.0. The van der Waals surface area contributed by atoms with Crippen molar-refractivity contribution in [3.63, 3.8) is 0 Å². The van der Waals surface area contributed by atoms with Gasteiger partial charge in [-0.25, -0.2) is 14.4 Å². The Labute approximate surface area is 707 Å². The van der Waals surface area contributed by atoms with E-state index in [-0.39, 0.29) is 78.0 Å². The number of halogens is 3. The zero-order valence-electron chi connectivity index (χ0n) is 70.5. The quantitative estimate of drug-likeness (QED) is 0.0174. The van der Waals surface area contributed by atoms with Crippen LogP contribution in [0.25, 0.3) is 0 Å². The van der Waals surface area contributed by atoms with Crippen LogP contribution < -0.4 is 21.7 Å². The molecule has 0 bridgehead atoms. The second-order valence-electron chi connectivity index (χ2n) is 27.0. The Morgan fingerprint density at radius 2 is 0.713 bits per heavy atom. The third kappa shape index (κ3) is 47.9. The molecule has 4 saturated heterocycles. The van der Waals surface area contributed by atoms with E-state index >= 15 is 0 Å². The van der Waals surface area contributed by atoms with E-state index in [9.17, 15) is 86.7 Å². The van der Waals surface area contributed by atoms with Gasteiger partial charge in [-0.05, 0) is 69.7 Å². The van der Waals surface area contributed by atoms with Crippen molar-refractivity contribution in [2.24, 2.45) is 17.6 Å². The van der Waals surface area contributed by atoms with E-state index < -0.39 is 185 Å². The summed E-state index contributed by atoms with van der Waals surface area (Å²) in [5, 5.41) is 91.8. The molecule has 39 nitrogen and oxygen atoms in total. The van der Waals surface area contributed by atoms with Gasteiger partial charge in [0.25, 0.3) is 0 Å². The molecular weight excluding hydrogens is 1630 g/mol. The van der Waals surface area contributed by atoms with E-state index in [4.69, 9.17) is 102 Å². The molecule has 3 aromatic rings. The zero-order chi connectivity index (χ0) is 91.7. The van der Waals surface area contributed by atoms with E-state index in [1.807, 2.05) is 119 Å². The summed E-state index contributed by atoms with van der Waals surface area (Å²) < 4.78 is 118. The number of benzene rings is 3. The highest BCUT2D eigenvalue weighted by molar-refractivity contribution is 6.33. The summed E-state index contributed by atoms with van der Waals surface area (Å²) in [6, 6.07) is 28.1. The first-order valence-electron chi connectivity index (χ1n) is 39.4. The molecule has 14 N–H and O–H groups in total. The fourth-order valence-electron chi connectivity index (χ4n) is 11.0. The van der Waals surface area contributed by atoms with Gasteiger partial charge in [0, 0.05) is 92.8 Å². The molecule has 0 aromatic heterocycles. The van der Waals surface area contributed by atoms with E-state index in [0.717, 1.165) is 29.9 Å². The molecule has 7 rings (SSSR count). The van der Waals surface area contributed by atoms with Crippen LogP contribution in [-0.4, -0.2) is 310 Å². The topological polar surface area (TPSA) is 555 Å². The number of rotatable bonds is 35. The molecule has 0 saturated carbocycles. The van der Waals surface area contributed by atoms with E-state index in [1.54, 1.807) is 6.92 Å². The number of alkyl carbamates (subject to hydrolysis) is 3. The molecule has 122 heavy (non-hydrogen) atoms. The number of hydrogen-bond donors (Lipinski definition) is 13. The first-order valence-corrected chi connectivity index (χ1v) is 39.4. The van der Waals surface area contributed by atoms with Crippen LogP contribution >= 0.6 is 0 Å². The molecule has 0 radical (unpaired) electrons. The lowest BCUT2D eigenvalue weighted by Gasteiger charge is -2.43. The minimum absolute atomic E-state index is 0.0674. The third-order valence-corrected chi connectivity index (χ3v) is 17.1. The molecule has 1 unspecified atom stereocenters. The molecule has 3 amide bonds. The van der Waals surface area contributed by atoms with Gasteiger partial charge < -0.3 is 148 Å². The molecule has 694 valence electrons. The fraction of sp³-hybridized carbons (Fsp3) is 0.658. The number of ether oxygens (including phenoxy) is 17. The molecule has 4 fully saturated rings. The summed E-state index contributed by atoms with van der Waals surface area (Å²) in [5.41, 5.74) is 7.99. The number of carbonyl (C=O) groups is 9. The molecule has 3 aromatic carbocycles. The van der Waals surface area contributed by atoms with E-state index in [2.05, 4.69) is 16.0 Å². The van der Waals surface area contributed by atoms with Crippen molar-refractivity contribution in [3.05, 3.63) is 108 Å². The van der Waals surface area contributed by atoms with Gasteiger partial charge in [0.15, 0.2) is 31.1 Å². The fourth-order valence-corrected chi connectivity index (χ4v) is 11.0. The van der Waals surface area contributed by atoms with Crippen molar-refractivity contribution in [3.8, 4) is 0 Å². The minimum Gasteiger partial charge on any atom is -0.463 e. The lowest BCUT2D eigenvalue weighted by atomic mass is 9.88. The van der Waals surface area contributed by atoms with Crippen LogP contribution in [0, 0.1) is 11.8 Å². The number of hydrogen-bond acceptors (Lipinski definition) is 36. The molecule has 43 heteroatoms. The number of nitrogens with two attached hydrogens (primary N) is 1. The van der Waals surface area contributed by atoms with Gasteiger partial charge >= 0.3 is 61.6 Å². The highest BCUT2D eigenvalue weighted by Gasteiger charge is 2.50. The van der Waals surface area contributed by atoms with Crippen molar-refractivity contribution < 1.29 is 183 Å². The predicted octanol–water partition coefficient (Wildman–Crippen LogP) is 2.43. The summed E-state index contributed by atoms with van der Waals surface area (Å²) in [6.07, 6.45) is -18.1. The van der Waals surface area contributed by atoms with Crippen molar-refractivity contribution in [1.82, 2.24) is 16.0 Å². The van der Waals surface area contributed by atoms with Crippen molar-refractivity contribution in [2.45, 2.75) is 232 Å². The van der Waals surface area contributed by atoms with E-state index in [1.165, 1.54) is 41.5 Å². The van der Waals surface area contributed by atoms with Gasteiger partial charge in [-0.3, -0.25) is 41.7 Å². The Morgan fingerprint density at radius 3 is 1.02 bits per heavy atom. The number of amides is 3. The molecule has 0 aliphatic carbocycles. The lowest BCUT2D eigenvalue weighted by Crippen LogP contribution is -2.59. The summed E-state index contributed by atoms with van der Waals surface area (Å²) in [7, 11) is -3.67. The lowest BCUT2D eigenvalue weighted by molar-refractivity contribution is -0.301. The Bertz CT molecular complexity index is 3340. The SMILES string of the molecule is CC(=O)OC[C@H]1OC(C)[C@@H](C)[C@@H](OC(C)=O)[C@@H]1OC(C)=O.CC(=O)OC[C@H]1O[C@H](OCCCNC(=O)OCc2ccccc2)[C@@H](C)[C@@H](OC(C)=O)[C@@H]1OC(C)=O.CCOCC.FB(F)F.NCCCO[C@H]1O[C@H](CO)[C@@H](O)[C@H](O)[C@@H]1O.O=C(NCCCO)OCc1ccccc1.O=C(NCCCO[C@H]1O[C@H](CO)[C@@H](O)[C@H](O)[C@@H]1O)OCc1ccccc1. The van der Waals surface area contributed by atoms with Gasteiger partial charge in [-0.2, -0.15) is 0 Å². The van der Waals surface area contributed by atoms with Crippen LogP contribution in [0.1, 0.15) is 119 Å². The maximum Gasteiger partial charge on any atom is 0.762 e. The van der Waals surface area contributed by atoms with Crippen LogP contribution in [0.15, 0.2) is 91.0 Å². The van der Waals surface area contributed by atoms with Crippen LogP contribution in [-0.2, 0) is 129 Å². The molecular formula is C79H124BF3N4O35. The van der Waals surface area contributed by atoms with Gasteiger partial charge in [0.05, 0.1) is 39.1 Å². The normalized spacial score (nSPS) is 25.4. The largest absolute Gasteiger partial charge is 0.762 e. The average Bonchev–Trinajstić information content (AvgIpc) is 0.804. The Hall–Kier alpha value is -8.58. The standard InChI is InChI=1S/C24H33NO10.C17H25NO8.C14H22O7.C11H15NO3.C9H19NO6.C4H10O.BF3/c1-15-21(33-17(3)27)22(34-18(4)28)20(14-31-16(2)26)35-23(15)30-12-8-11-25-24(29)32-13-19-9-6-5-7-10-19;19-9-12-13(20)14(21)15(22)16(26-12)24-8-4-7-18-17(23)25-10-11-5-2-1-3-6-11;1-7-8(2)19-12(6-18-9(3)15)14(21-11(5)17)13(7)20-10(4)16;13-8-4-7-12-11(14)15-9-10-5-2-1-3-6-10;10-2-1-3-15-9-8(14)7(13)6(12)5(4-11)16-9;1-3-5-4-2;2-1(3)4/h5-7,9-10,15,20-23H,8,11-14H2,1-4H3,(H,25,29);1-3,5-6,12-16,19-22H,4,7-10H2,(H,18,23);7-8,12-14H,6H2,1-5H3;1-3,5-6,13H,4,7-9H2,(H,12,14);5-9,11-14H,1-4,10H2;3-4H2,1-2H3;/t15-,20+,21+,22+,23-;12-,13-,14+,15+,16+;7-,8?,12-,13-,14-;;5-,6-,7+,8+,9+;;/m011.1../s1. The molecule has 20 atom stereocenters. The number of aliphatic hydroxyl groups excluding tert-OH is 9. The Balaban J connectivity index is 0.000000765. The average molecular weight is 1760 g/mol. The van der Waals surface area contributed by atoms with Crippen LogP contribution in [0.4, 0.5) is 27.3 Å². The summed E-state index contributed by atoms with van der Waals surface area (Å²) in [6.45, 7) is 20.1. The maximum atomic E-state index is 11.8. The first-order chi connectivity index (χ1) is 58.0. The number of carbonyl (C=O) groups excluding carboxylic acids is 9. The number of aliphatic hydroxyl groups is 9. The predicted molar refractivity (Wildman–Crippen MR) is 422 cm³/mol. The van der Waals surface area contributed by atoms with Crippen LogP contribution in [0.5, 0.6) is 0 Å². The zero-order valence-corrected chi connectivity index (χ0v) is 70.5. The number of esters is 6. The summed E-state index contributed by atoms with van der Waals surface area (Å²) in [5.74, 6) is -3.81. The van der Waals surface area contributed by atoms with Crippen molar-refractivity contribution in [1.29, 1.82) is 0 Å². The minimum atomic E-state index is -3.67. The van der Waals surface area contributed by atoms with Gasteiger partial charge in [-0.1, -0.05) is 105 Å². The Morgan fingerprint density at radius 1 is 0.402 bits per heavy atom. The molecule has 4 aliphatic rings. The van der Waals surface area contributed by atoms with E-state index in [0.29, 0.717) is 45.3 Å². The Kier molecular flexibility index (Phi) is 59.5. The third-order valence-electron chi connectivity index (χ3n) is 17.1. The molecule has 4 heterocycles. The summed E-state index contributed by atoms with van der Waals surface area (Å²) in [4.78, 5) is 103. The molecule has 4 aliphatic heterocycles. The smallest absolute Gasteiger partial charge is 0.463 e. The second kappa shape index (κ2) is 65.1. The number of nitrogens with one attached hydrogen (secondary N) is 3. The maximum absolute atomic E-state index is 11.8. The van der Waals surface area contributed by atoms with Gasteiger partial charge in [-0.15, -0.1) is 0 Å². The summed E-state index contributed by atoms with van der Waals surface area (Å²) >= 11 is 0. The first kappa shape index (κ1) is 111. The van der Waals surface area contributed by atoms with Crippen molar-refractivity contribution in [2.75, 3.05) is 92.2 Å². The molecule has 0 spiro atoms. The van der Waals surface area contributed by atoms with Crippen molar-refractivity contribution >= 4 is 61.6 Å². The van der Waals surface area contributed by atoms with Gasteiger partial charge in [0.2, 0.25) is 0 Å². The van der Waals surface area contributed by atoms with Gasteiger partial charge in [0.1, 0.15) is 106 Å². The van der Waals surface area contributed by atoms with Crippen LogP contribution in [0.3, 0.4) is 0 Å². The highest BCUT2D eigenvalue weighted by atomic mass is 19.4. The highest BCUT2D eigenvalue weighted by Crippen LogP contribution is 2.33. The monoisotopic (exact) mass is 1760 g/mol.